The SMILES string of the molecule is CC1(C(=O)O)COCC1NC(=O)Nc1nccnn1. The molecular formula is C10H13N5O4. The minimum Gasteiger partial charge on any atom is -0.481 e. The molecule has 3 N–H and O–H groups in total. The third-order valence-corrected chi connectivity index (χ3v) is 2.96. The van der Waals surface area contributed by atoms with E-state index in [4.69, 9.17) is 9.84 Å². The lowest BCUT2D eigenvalue weighted by Crippen LogP contribution is -2.50. The third kappa shape index (κ3) is 2.76. The number of ether oxygens (including phenoxy) is 1. The first-order valence-corrected chi connectivity index (χ1v) is 5.55. The Labute approximate surface area is 108 Å². The van der Waals surface area contributed by atoms with Crippen LogP contribution in [0, 0.1) is 5.41 Å². The molecule has 1 aromatic heterocycles. The highest BCUT2D eigenvalue weighted by Gasteiger charge is 2.47. The number of nitrogens with one attached hydrogen (secondary N) is 2. The zero-order chi connectivity index (χ0) is 13.9. The molecule has 0 spiro atoms. The normalized spacial score (nSPS) is 25.8. The summed E-state index contributed by atoms with van der Waals surface area (Å²) >= 11 is 0. The Kier molecular flexibility index (Phi) is 3.56. The molecule has 9 nitrogen and oxygen atoms in total. The molecule has 0 aliphatic carbocycles. The minimum atomic E-state index is -1.15. The summed E-state index contributed by atoms with van der Waals surface area (Å²) in [7, 11) is 0. The summed E-state index contributed by atoms with van der Waals surface area (Å²) in [6.45, 7) is 1.72. The molecule has 2 amide bonds. The molecule has 2 rings (SSSR count). The van der Waals surface area contributed by atoms with Gasteiger partial charge in [0.15, 0.2) is 0 Å². The van der Waals surface area contributed by atoms with Crippen molar-refractivity contribution >= 4 is 17.9 Å². The van der Waals surface area contributed by atoms with Gasteiger partial charge in [-0.05, 0) is 6.92 Å². The van der Waals surface area contributed by atoms with Crippen molar-refractivity contribution in [1.82, 2.24) is 20.5 Å². The number of hydrogen-bond acceptors (Lipinski definition) is 6. The summed E-state index contributed by atoms with van der Waals surface area (Å²) in [6, 6.07) is -1.22. The molecule has 0 radical (unpaired) electrons. The van der Waals surface area contributed by atoms with Crippen LogP contribution >= 0.6 is 0 Å². The largest absolute Gasteiger partial charge is 0.481 e. The fraction of sp³-hybridized carbons (Fsp3) is 0.500. The fourth-order valence-corrected chi connectivity index (χ4v) is 1.69. The lowest BCUT2D eigenvalue weighted by Gasteiger charge is -2.25. The first-order chi connectivity index (χ1) is 9.02. The van der Waals surface area contributed by atoms with Crippen molar-refractivity contribution in [2.24, 2.45) is 5.41 Å². The number of aliphatic carboxylic acids is 1. The van der Waals surface area contributed by atoms with Gasteiger partial charge in [-0.3, -0.25) is 10.1 Å². The van der Waals surface area contributed by atoms with Crippen LogP contribution in [-0.2, 0) is 9.53 Å². The average molecular weight is 267 g/mol. The van der Waals surface area contributed by atoms with E-state index in [0.29, 0.717) is 0 Å². The van der Waals surface area contributed by atoms with Crippen molar-refractivity contribution < 1.29 is 19.4 Å². The van der Waals surface area contributed by atoms with Gasteiger partial charge in [-0.25, -0.2) is 9.78 Å². The van der Waals surface area contributed by atoms with Crippen molar-refractivity contribution in [3.05, 3.63) is 12.4 Å². The van der Waals surface area contributed by atoms with Gasteiger partial charge in [0.25, 0.3) is 5.95 Å². The van der Waals surface area contributed by atoms with Gasteiger partial charge in [0.1, 0.15) is 5.41 Å². The van der Waals surface area contributed by atoms with Crippen molar-refractivity contribution in [3.8, 4) is 0 Å². The Balaban J connectivity index is 1.97. The van der Waals surface area contributed by atoms with Crippen LogP contribution in [0.4, 0.5) is 10.7 Å². The maximum Gasteiger partial charge on any atom is 0.321 e. The number of carbonyl (C=O) groups excluding carboxylic acids is 1. The third-order valence-electron chi connectivity index (χ3n) is 2.96. The molecule has 0 saturated carbocycles. The smallest absolute Gasteiger partial charge is 0.321 e. The Hall–Kier alpha value is -2.29. The van der Waals surface area contributed by atoms with E-state index in [0.717, 1.165) is 0 Å². The predicted octanol–water partition coefficient (Wildman–Crippen LogP) is -0.517. The average Bonchev–Trinajstić information content (AvgIpc) is 2.73. The first kappa shape index (κ1) is 13.1. The fourth-order valence-electron chi connectivity index (χ4n) is 1.69. The summed E-state index contributed by atoms with van der Waals surface area (Å²) in [6.07, 6.45) is 2.75. The van der Waals surface area contributed by atoms with Gasteiger partial charge in [-0.15, -0.1) is 5.10 Å². The number of urea groups is 1. The van der Waals surface area contributed by atoms with Gasteiger partial charge in [-0.2, -0.15) is 5.10 Å². The van der Waals surface area contributed by atoms with Gasteiger partial charge < -0.3 is 15.2 Å². The number of aromatic nitrogens is 3. The van der Waals surface area contributed by atoms with E-state index in [1.807, 2.05) is 0 Å². The standard InChI is InChI=1S/C10H13N5O4/c1-10(7(16)17)5-19-4-6(10)13-9(18)14-8-11-2-3-12-15-8/h2-3,6H,4-5H2,1H3,(H,16,17)(H2,11,13,14,15,18). The number of carboxylic acid groups (broad SMARTS) is 1. The maximum absolute atomic E-state index is 11.7. The molecule has 1 fully saturated rings. The Morgan fingerprint density at radius 2 is 2.32 bits per heavy atom. The second-order valence-corrected chi connectivity index (χ2v) is 4.36. The minimum absolute atomic E-state index is 0.0379. The van der Waals surface area contributed by atoms with Gasteiger partial charge in [0.05, 0.1) is 31.6 Å². The second kappa shape index (κ2) is 5.14. The molecule has 2 atom stereocenters. The number of hydrogen-bond donors (Lipinski definition) is 3. The van der Waals surface area contributed by atoms with E-state index in [9.17, 15) is 9.59 Å². The zero-order valence-electron chi connectivity index (χ0n) is 10.2. The summed E-state index contributed by atoms with van der Waals surface area (Å²) in [5, 5.41) is 21.2. The zero-order valence-corrected chi connectivity index (χ0v) is 10.2. The Bertz CT molecular complexity index is 482. The van der Waals surface area contributed by atoms with Crippen LogP contribution in [0.5, 0.6) is 0 Å². The summed E-state index contributed by atoms with van der Waals surface area (Å²) in [4.78, 5) is 26.7. The molecule has 102 valence electrons. The van der Waals surface area contributed by atoms with Gasteiger partial charge in [-0.1, -0.05) is 0 Å². The number of anilines is 1. The molecule has 9 heteroatoms. The van der Waals surface area contributed by atoms with Crippen molar-refractivity contribution in [2.75, 3.05) is 18.5 Å². The van der Waals surface area contributed by atoms with E-state index in [1.54, 1.807) is 0 Å². The highest BCUT2D eigenvalue weighted by atomic mass is 16.5. The van der Waals surface area contributed by atoms with E-state index in [2.05, 4.69) is 25.8 Å². The van der Waals surface area contributed by atoms with E-state index in [-0.39, 0.29) is 19.2 Å². The maximum atomic E-state index is 11.7. The molecule has 1 aliphatic heterocycles. The first-order valence-electron chi connectivity index (χ1n) is 5.55. The molecule has 0 bridgehead atoms. The quantitative estimate of drug-likeness (QED) is 0.672. The number of carboxylic acids is 1. The number of nitrogens with zero attached hydrogens (tertiary/aromatic N) is 3. The molecule has 2 unspecified atom stereocenters. The van der Waals surface area contributed by atoms with Gasteiger partial charge in [0.2, 0.25) is 0 Å². The van der Waals surface area contributed by atoms with Crippen LogP contribution in [-0.4, -0.2) is 51.5 Å². The summed E-state index contributed by atoms with van der Waals surface area (Å²) < 4.78 is 5.12. The van der Waals surface area contributed by atoms with E-state index in [1.165, 1.54) is 19.3 Å². The predicted molar refractivity (Wildman–Crippen MR) is 62.3 cm³/mol. The summed E-state index contributed by atoms with van der Waals surface area (Å²) in [5.41, 5.74) is -1.15. The molecule has 19 heavy (non-hydrogen) atoms. The molecule has 1 aromatic rings. The molecule has 2 heterocycles. The Morgan fingerprint density at radius 1 is 1.53 bits per heavy atom. The number of amides is 2. The van der Waals surface area contributed by atoms with Crippen molar-refractivity contribution in [3.63, 3.8) is 0 Å². The van der Waals surface area contributed by atoms with Gasteiger partial charge >= 0.3 is 12.0 Å². The molecule has 1 saturated heterocycles. The van der Waals surface area contributed by atoms with Crippen LogP contribution in [0.3, 0.4) is 0 Å². The monoisotopic (exact) mass is 267 g/mol. The second-order valence-electron chi connectivity index (χ2n) is 4.36. The van der Waals surface area contributed by atoms with Crippen LogP contribution < -0.4 is 10.6 Å². The van der Waals surface area contributed by atoms with Crippen LogP contribution in [0.2, 0.25) is 0 Å². The molecular weight excluding hydrogens is 254 g/mol. The topological polar surface area (TPSA) is 126 Å². The molecule has 0 aromatic carbocycles. The lowest BCUT2D eigenvalue weighted by molar-refractivity contribution is -0.148. The van der Waals surface area contributed by atoms with E-state index < -0.39 is 23.5 Å². The van der Waals surface area contributed by atoms with Crippen LogP contribution in [0.15, 0.2) is 12.4 Å². The summed E-state index contributed by atoms with van der Waals surface area (Å²) in [5.74, 6) is -0.983. The number of carbonyl (C=O) groups is 2. The lowest BCUT2D eigenvalue weighted by atomic mass is 9.85. The number of rotatable bonds is 3. The van der Waals surface area contributed by atoms with E-state index >= 15 is 0 Å². The van der Waals surface area contributed by atoms with Crippen molar-refractivity contribution in [2.45, 2.75) is 13.0 Å². The van der Waals surface area contributed by atoms with Gasteiger partial charge in [0, 0.05) is 0 Å². The Morgan fingerprint density at radius 3 is 2.95 bits per heavy atom. The highest BCUT2D eigenvalue weighted by Crippen LogP contribution is 2.28. The van der Waals surface area contributed by atoms with Crippen LogP contribution in [0.25, 0.3) is 0 Å². The highest BCUT2D eigenvalue weighted by molar-refractivity contribution is 5.88. The molecule has 1 aliphatic rings. The van der Waals surface area contributed by atoms with Crippen molar-refractivity contribution in [1.29, 1.82) is 0 Å². The van der Waals surface area contributed by atoms with Crippen LogP contribution in [0.1, 0.15) is 6.92 Å².